The lowest BCUT2D eigenvalue weighted by atomic mass is 9.84. The molecule has 1 saturated carbocycles. The van der Waals surface area contributed by atoms with Crippen molar-refractivity contribution in [1.29, 1.82) is 0 Å². The summed E-state index contributed by atoms with van der Waals surface area (Å²) in [5.74, 6) is 0. The lowest BCUT2D eigenvalue weighted by molar-refractivity contribution is -0.230. The monoisotopic (exact) mass is 336 g/mol. The van der Waals surface area contributed by atoms with Crippen LogP contribution in [-0.2, 0) is 28.4 Å². The summed E-state index contributed by atoms with van der Waals surface area (Å²) in [7, 11) is 0. The third-order valence-corrected chi connectivity index (χ3v) is 3.46. The summed E-state index contributed by atoms with van der Waals surface area (Å²) >= 11 is 0. The van der Waals surface area contributed by atoms with Gasteiger partial charge >= 0.3 is 0 Å². The molecule has 6 heteroatoms. The fourth-order valence-corrected chi connectivity index (χ4v) is 2.72. The van der Waals surface area contributed by atoms with Crippen LogP contribution < -0.4 is 0 Å². The molecule has 0 heterocycles. The van der Waals surface area contributed by atoms with Crippen molar-refractivity contribution in [2.75, 3.05) is 0 Å². The molecule has 1 aliphatic rings. The zero-order valence-corrected chi connectivity index (χ0v) is 13.6. The summed E-state index contributed by atoms with van der Waals surface area (Å²) in [6.45, 7) is 21.5. The summed E-state index contributed by atoms with van der Waals surface area (Å²) in [6, 6.07) is 0. The number of hydrogen-bond donors (Lipinski definition) is 0. The minimum atomic E-state index is -0.641. The summed E-state index contributed by atoms with van der Waals surface area (Å²) in [5, 5.41) is 0. The van der Waals surface area contributed by atoms with Gasteiger partial charge in [-0.3, -0.25) is 0 Å². The molecule has 0 atom stereocenters. The summed E-state index contributed by atoms with van der Waals surface area (Å²) in [6.07, 6.45) is 3.87. The summed E-state index contributed by atoms with van der Waals surface area (Å²) in [4.78, 5) is 0. The Morgan fingerprint density at radius 3 is 0.542 bits per heavy atom. The zero-order valence-electron chi connectivity index (χ0n) is 13.6. The fraction of sp³-hybridized carbons (Fsp3) is 0.333. The van der Waals surface area contributed by atoms with Crippen LogP contribution in [0.5, 0.6) is 0 Å². The van der Waals surface area contributed by atoms with Crippen LogP contribution in [0.3, 0.4) is 0 Å². The molecule has 0 aromatic carbocycles. The highest BCUT2D eigenvalue weighted by atomic mass is 16.6. The molecular weight excluding hydrogens is 312 g/mol. The van der Waals surface area contributed by atoms with Crippen LogP contribution in [0, 0.1) is 0 Å². The maximum Gasteiger partial charge on any atom is 0.179 e. The SMILES string of the molecule is C=COC1C(OC=C)C(OC=C)C(OC=C)C(OC=C)C1OC=C. The van der Waals surface area contributed by atoms with E-state index in [1.807, 2.05) is 0 Å². The Balaban J connectivity index is 3.36. The second-order valence-corrected chi connectivity index (χ2v) is 4.60. The molecule has 0 bridgehead atoms. The number of rotatable bonds is 12. The normalized spacial score (nSPS) is 31.5. The second-order valence-electron chi connectivity index (χ2n) is 4.60. The topological polar surface area (TPSA) is 55.4 Å². The van der Waals surface area contributed by atoms with Gasteiger partial charge in [0, 0.05) is 0 Å². The minimum absolute atomic E-state index is 0.641. The van der Waals surface area contributed by atoms with E-state index in [4.69, 9.17) is 28.4 Å². The van der Waals surface area contributed by atoms with Gasteiger partial charge in [-0.2, -0.15) is 0 Å². The highest BCUT2D eigenvalue weighted by Gasteiger charge is 2.57. The maximum absolute atomic E-state index is 5.60. The first kappa shape index (κ1) is 19.3. The van der Waals surface area contributed by atoms with E-state index in [2.05, 4.69) is 39.5 Å². The van der Waals surface area contributed by atoms with Gasteiger partial charge in [-0.25, -0.2) is 0 Å². The Kier molecular flexibility index (Phi) is 8.11. The van der Waals surface area contributed by atoms with Gasteiger partial charge in [-0.1, -0.05) is 39.5 Å². The Hall–Kier alpha value is -2.76. The first-order chi connectivity index (χ1) is 11.7. The van der Waals surface area contributed by atoms with E-state index in [1.165, 1.54) is 37.6 Å². The van der Waals surface area contributed by atoms with Crippen molar-refractivity contribution in [3.05, 3.63) is 77.0 Å². The van der Waals surface area contributed by atoms with E-state index < -0.39 is 36.6 Å². The molecular formula is C18H24O6. The summed E-state index contributed by atoms with van der Waals surface area (Å²) in [5.41, 5.74) is 0. The van der Waals surface area contributed by atoms with Crippen LogP contribution >= 0.6 is 0 Å². The molecule has 132 valence electrons. The Bertz CT molecular complexity index is 340. The summed E-state index contributed by atoms with van der Waals surface area (Å²) < 4.78 is 33.6. The molecule has 6 nitrogen and oxygen atoms in total. The number of hydrogen-bond acceptors (Lipinski definition) is 6. The van der Waals surface area contributed by atoms with Crippen molar-refractivity contribution in [2.24, 2.45) is 0 Å². The van der Waals surface area contributed by atoms with Gasteiger partial charge in [0.2, 0.25) is 0 Å². The van der Waals surface area contributed by atoms with E-state index in [1.54, 1.807) is 0 Å². The van der Waals surface area contributed by atoms with Gasteiger partial charge in [0.15, 0.2) is 36.6 Å². The molecule has 0 spiro atoms. The van der Waals surface area contributed by atoms with Gasteiger partial charge in [0.1, 0.15) is 0 Å². The molecule has 0 amide bonds. The molecule has 0 saturated heterocycles. The first-order valence-corrected chi connectivity index (χ1v) is 7.28. The molecule has 0 aromatic heterocycles. The molecule has 1 rings (SSSR count). The molecule has 0 N–H and O–H groups in total. The van der Waals surface area contributed by atoms with Gasteiger partial charge in [-0.05, 0) is 0 Å². The minimum Gasteiger partial charge on any atom is -0.491 e. The van der Waals surface area contributed by atoms with Gasteiger partial charge in [-0.15, -0.1) is 0 Å². The highest BCUT2D eigenvalue weighted by molar-refractivity contribution is 5.06. The molecule has 1 aliphatic carbocycles. The smallest absolute Gasteiger partial charge is 0.179 e. The quantitative estimate of drug-likeness (QED) is 0.510. The Morgan fingerprint density at radius 2 is 0.458 bits per heavy atom. The van der Waals surface area contributed by atoms with Crippen LogP contribution in [0.2, 0.25) is 0 Å². The average molecular weight is 336 g/mol. The average Bonchev–Trinajstić information content (AvgIpc) is 2.57. The van der Waals surface area contributed by atoms with Crippen molar-refractivity contribution >= 4 is 0 Å². The van der Waals surface area contributed by atoms with Crippen LogP contribution in [0.25, 0.3) is 0 Å². The lowest BCUT2D eigenvalue weighted by Crippen LogP contribution is -2.66. The van der Waals surface area contributed by atoms with Gasteiger partial charge in [0.05, 0.1) is 37.6 Å². The fourth-order valence-electron chi connectivity index (χ4n) is 2.72. The number of ether oxygens (including phenoxy) is 6. The molecule has 0 unspecified atom stereocenters. The highest BCUT2D eigenvalue weighted by Crippen LogP contribution is 2.34. The Morgan fingerprint density at radius 1 is 0.333 bits per heavy atom. The molecule has 0 aromatic rings. The van der Waals surface area contributed by atoms with Crippen molar-refractivity contribution in [3.8, 4) is 0 Å². The van der Waals surface area contributed by atoms with E-state index >= 15 is 0 Å². The van der Waals surface area contributed by atoms with Crippen molar-refractivity contribution < 1.29 is 28.4 Å². The second kappa shape index (κ2) is 10.1. The standard InChI is InChI=1S/C18H24O6/c1-7-19-13-14(20-8-2)16(22-10-4)18(24-12-6)17(23-11-5)15(13)21-9-3/h7-18H,1-6H2. The van der Waals surface area contributed by atoms with Crippen molar-refractivity contribution in [3.63, 3.8) is 0 Å². The van der Waals surface area contributed by atoms with Gasteiger partial charge < -0.3 is 28.4 Å². The molecule has 0 aliphatic heterocycles. The predicted molar refractivity (Wildman–Crippen MR) is 90.4 cm³/mol. The predicted octanol–water partition coefficient (Wildman–Crippen LogP) is 3.17. The van der Waals surface area contributed by atoms with Crippen LogP contribution in [0.15, 0.2) is 77.0 Å². The van der Waals surface area contributed by atoms with E-state index in [0.717, 1.165) is 0 Å². The third-order valence-electron chi connectivity index (χ3n) is 3.46. The van der Waals surface area contributed by atoms with Gasteiger partial charge in [0.25, 0.3) is 0 Å². The van der Waals surface area contributed by atoms with Crippen molar-refractivity contribution in [1.82, 2.24) is 0 Å². The van der Waals surface area contributed by atoms with E-state index in [0.29, 0.717) is 0 Å². The molecule has 1 fully saturated rings. The van der Waals surface area contributed by atoms with E-state index in [-0.39, 0.29) is 0 Å². The lowest BCUT2D eigenvalue weighted by Gasteiger charge is -2.47. The first-order valence-electron chi connectivity index (χ1n) is 7.28. The molecule has 0 radical (unpaired) electrons. The van der Waals surface area contributed by atoms with Crippen molar-refractivity contribution in [2.45, 2.75) is 36.6 Å². The third kappa shape index (κ3) is 4.16. The van der Waals surface area contributed by atoms with Crippen LogP contribution in [-0.4, -0.2) is 36.6 Å². The maximum atomic E-state index is 5.60. The van der Waals surface area contributed by atoms with Crippen LogP contribution in [0.4, 0.5) is 0 Å². The van der Waals surface area contributed by atoms with Crippen LogP contribution in [0.1, 0.15) is 0 Å². The van der Waals surface area contributed by atoms with E-state index in [9.17, 15) is 0 Å². The largest absolute Gasteiger partial charge is 0.491 e. The Labute approximate surface area is 142 Å². The molecule has 24 heavy (non-hydrogen) atoms. The zero-order chi connectivity index (χ0) is 17.9.